The SMILES string of the molecule is CC(C)NC(C)(C#N)CCSC(C)(C)C. The number of nitrogens with one attached hydrogen (secondary N) is 1. The standard InChI is InChI=1S/C12H24N2S/c1-10(2)14-12(6,9-13)7-8-15-11(3,4)5/h10,14H,7-8H2,1-6H3. The summed E-state index contributed by atoms with van der Waals surface area (Å²) in [6, 6.07) is 2.73. The summed E-state index contributed by atoms with van der Waals surface area (Å²) in [4.78, 5) is 0. The third-order valence-electron chi connectivity index (χ3n) is 1.99. The molecule has 3 heteroatoms. The van der Waals surface area contributed by atoms with Crippen LogP contribution in [0.2, 0.25) is 0 Å². The molecule has 0 spiro atoms. The van der Waals surface area contributed by atoms with Crippen molar-refractivity contribution in [3.05, 3.63) is 0 Å². The molecule has 0 saturated carbocycles. The summed E-state index contributed by atoms with van der Waals surface area (Å²) in [5.74, 6) is 1.02. The Morgan fingerprint density at radius 3 is 2.13 bits per heavy atom. The van der Waals surface area contributed by atoms with Gasteiger partial charge in [0.15, 0.2) is 0 Å². The Kier molecular flexibility index (Phi) is 5.69. The Bertz CT molecular complexity index is 225. The zero-order chi connectivity index (χ0) is 12.1. The Balaban J connectivity index is 4.06. The predicted molar refractivity (Wildman–Crippen MR) is 69.1 cm³/mol. The highest BCUT2D eigenvalue weighted by molar-refractivity contribution is 8.00. The lowest BCUT2D eigenvalue weighted by Crippen LogP contribution is -2.45. The van der Waals surface area contributed by atoms with E-state index in [9.17, 15) is 0 Å². The first-order chi connectivity index (χ1) is 6.68. The summed E-state index contributed by atoms with van der Waals surface area (Å²) in [5.41, 5.74) is -0.383. The van der Waals surface area contributed by atoms with E-state index < -0.39 is 0 Å². The second-order valence-corrected chi connectivity index (χ2v) is 7.38. The fourth-order valence-electron chi connectivity index (χ4n) is 1.36. The van der Waals surface area contributed by atoms with Crippen molar-refractivity contribution in [3.63, 3.8) is 0 Å². The molecule has 1 N–H and O–H groups in total. The molecule has 0 rings (SSSR count). The van der Waals surface area contributed by atoms with Crippen molar-refractivity contribution >= 4 is 11.8 Å². The second kappa shape index (κ2) is 5.77. The van der Waals surface area contributed by atoms with Crippen LogP contribution in [0.5, 0.6) is 0 Å². The van der Waals surface area contributed by atoms with E-state index in [1.165, 1.54) is 0 Å². The molecular formula is C12H24N2S. The number of thioether (sulfide) groups is 1. The van der Waals surface area contributed by atoms with Crippen LogP contribution in [0, 0.1) is 11.3 Å². The number of nitrogens with zero attached hydrogens (tertiary/aromatic N) is 1. The number of nitriles is 1. The highest BCUT2D eigenvalue weighted by Gasteiger charge is 2.24. The molecule has 0 aliphatic carbocycles. The molecule has 0 fully saturated rings. The molecule has 0 bridgehead atoms. The molecule has 0 saturated heterocycles. The average molecular weight is 228 g/mol. The minimum atomic E-state index is -0.383. The van der Waals surface area contributed by atoms with Gasteiger partial charge in [-0.15, -0.1) is 0 Å². The molecule has 2 nitrogen and oxygen atoms in total. The van der Waals surface area contributed by atoms with Gasteiger partial charge in [0, 0.05) is 10.8 Å². The van der Waals surface area contributed by atoms with Gasteiger partial charge >= 0.3 is 0 Å². The van der Waals surface area contributed by atoms with E-state index in [1.807, 2.05) is 18.7 Å². The lowest BCUT2D eigenvalue weighted by molar-refractivity contribution is 0.397. The molecule has 0 aliphatic rings. The van der Waals surface area contributed by atoms with Gasteiger partial charge in [-0.3, -0.25) is 5.32 Å². The zero-order valence-electron chi connectivity index (χ0n) is 10.8. The average Bonchev–Trinajstić information content (AvgIpc) is 2.00. The quantitative estimate of drug-likeness (QED) is 0.785. The maximum atomic E-state index is 9.14. The summed E-state index contributed by atoms with van der Waals surface area (Å²) in [6.07, 6.45) is 0.892. The van der Waals surface area contributed by atoms with E-state index in [0.29, 0.717) is 6.04 Å². The van der Waals surface area contributed by atoms with Crippen LogP contribution in [0.3, 0.4) is 0 Å². The predicted octanol–water partition coefficient (Wildman–Crippen LogP) is 3.19. The monoisotopic (exact) mass is 228 g/mol. The lowest BCUT2D eigenvalue weighted by Gasteiger charge is -2.27. The molecule has 0 aromatic rings. The van der Waals surface area contributed by atoms with Gasteiger partial charge in [0.1, 0.15) is 5.54 Å². The normalized spacial score (nSPS) is 16.1. The molecule has 0 aliphatic heterocycles. The molecule has 15 heavy (non-hydrogen) atoms. The fraction of sp³-hybridized carbons (Fsp3) is 0.917. The van der Waals surface area contributed by atoms with Gasteiger partial charge < -0.3 is 0 Å². The van der Waals surface area contributed by atoms with Crippen molar-refractivity contribution in [1.82, 2.24) is 5.32 Å². The first-order valence-corrected chi connectivity index (χ1v) is 6.50. The Hall–Kier alpha value is -0.200. The van der Waals surface area contributed by atoms with Crippen LogP contribution >= 0.6 is 11.8 Å². The van der Waals surface area contributed by atoms with E-state index in [1.54, 1.807) is 0 Å². The molecule has 0 radical (unpaired) electrons. The van der Waals surface area contributed by atoms with Gasteiger partial charge in [0.2, 0.25) is 0 Å². The van der Waals surface area contributed by atoms with Gasteiger partial charge in [0.05, 0.1) is 6.07 Å². The van der Waals surface area contributed by atoms with E-state index in [-0.39, 0.29) is 10.3 Å². The van der Waals surface area contributed by atoms with Crippen LogP contribution in [-0.2, 0) is 0 Å². The number of rotatable bonds is 5. The third kappa shape index (κ3) is 7.70. The Labute approximate surface area is 98.8 Å². The van der Waals surface area contributed by atoms with E-state index in [4.69, 9.17) is 5.26 Å². The van der Waals surface area contributed by atoms with Gasteiger partial charge in [-0.05, 0) is 32.9 Å². The number of hydrogen-bond donors (Lipinski definition) is 1. The smallest absolute Gasteiger partial charge is 0.104 e. The molecular weight excluding hydrogens is 204 g/mol. The van der Waals surface area contributed by atoms with Crippen molar-refractivity contribution in [1.29, 1.82) is 5.26 Å². The van der Waals surface area contributed by atoms with Crippen LogP contribution < -0.4 is 5.32 Å². The maximum Gasteiger partial charge on any atom is 0.104 e. The van der Waals surface area contributed by atoms with Crippen LogP contribution in [0.25, 0.3) is 0 Å². The zero-order valence-corrected chi connectivity index (χ0v) is 11.7. The largest absolute Gasteiger partial charge is 0.297 e. The van der Waals surface area contributed by atoms with Crippen molar-refractivity contribution in [3.8, 4) is 6.07 Å². The molecule has 1 atom stereocenters. The minimum Gasteiger partial charge on any atom is -0.297 e. The van der Waals surface area contributed by atoms with Crippen LogP contribution in [-0.4, -0.2) is 22.1 Å². The van der Waals surface area contributed by atoms with Crippen molar-refractivity contribution < 1.29 is 0 Å². The van der Waals surface area contributed by atoms with Crippen molar-refractivity contribution in [2.45, 2.75) is 64.3 Å². The summed E-state index contributed by atoms with van der Waals surface area (Å²) in [6.45, 7) is 12.8. The summed E-state index contributed by atoms with van der Waals surface area (Å²) in [5, 5.41) is 12.5. The highest BCUT2D eigenvalue weighted by Crippen LogP contribution is 2.26. The summed E-state index contributed by atoms with van der Waals surface area (Å²) < 4.78 is 0.286. The van der Waals surface area contributed by atoms with E-state index in [2.05, 4.69) is 46.0 Å². The van der Waals surface area contributed by atoms with Gasteiger partial charge in [-0.25, -0.2) is 0 Å². The van der Waals surface area contributed by atoms with Crippen LogP contribution in [0.1, 0.15) is 48.0 Å². The van der Waals surface area contributed by atoms with Crippen LogP contribution in [0.4, 0.5) is 0 Å². The third-order valence-corrected chi connectivity index (χ3v) is 3.27. The maximum absolute atomic E-state index is 9.14. The minimum absolute atomic E-state index is 0.286. The Morgan fingerprint density at radius 2 is 1.80 bits per heavy atom. The van der Waals surface area contributed by atoms with Gasteiger partial charge in [-0.1, -0.05) is 20.8 Å². The molecule has 0 heterocycles. The highest BCUT2D eigenvalue weighted by atomic mass is 32.2. The van der Waals surface area contributed by atoms with Crippen LogP contribution in [0.15, 0.2) is 0 Å². The van der Waals surface area contributed by atoms with E-state index in [0.717, 1.165) is 12.2 Å². The topological polar surface area (TPSA) is 35.8 Å². The fourth-order valence-corrected chi connectivity index (χ4v) is 2.48. The Morgan fingerprint density at radius 1 is 1.27 bits per heavy atom. The van der Waals surface area contributed by atoms with Crippen molar-refractivity contribution in [2.75, 3.05) is 5.75 Å². The van der Waals surface area contributed by atoms with Crippen molar-refractivity contribution in [2.24, 2.45) is 0 Å². The van der Waals surface area contributed by atoms with Gasteiger partial charge in [0.25, 0.3) is 0 Å². The molecule has 0 amide bonds. The molecule has 1 unspecified atom stereocenters. The molecule has 0 aromatic carbocycles. The van der Waals surface area contributed by atoms with E-state index >= 15 is 0 Å². The first-order valence-electron chi connectivity index (χ1n) is 5.51. The second-order valence-electron chi connectivity index (χ2n) is 5.45. The first kappa shape index (κ1) is 14.8. The lowest BCUT2D eigenvalue weighted by atomic mass is 10.0. The van der Waals surface area contributed by atoms with Gasteiger partial charge in [-0.2, -0.15) is 17.0 Å². The molecule has 88 valence electrons. The number of hydrogen-bond acceptors (Lipinski definition) is 3. The molecule has 0 aromatic heterocycles. The summed E-state index contributed by atoms with van der Waals surface area (Å²) >= 11 is 1.91. The summed E-state index contributed by atoms with van der Waals surface area (Å²) in [7, 11) is 0.